The molecule has 14 heavy (non-hydrogen) atoms. The van der Waals surface area contributed by atoms with Crippen molar-refractivity contribution in [1.82, 2.24) is 0 Å². The maximum absolute atomic E-state index is 13.4. The first-order valence-corrected chi connectivity index (χ1v) is 4.48. The van der Waals surface area contributed by atoms with Crippen LogP contribution in [-0.4, -0.2) is 11.7 Å². The van der Waals surface area contributed by atoms with Crippen molar-refractivity contribution >= 4 is 0 Å². The molecule has 0 radical (unpaired) electrons. The number of aromatic hydroxyl groups is 1. The van der Waals surface area contributed by atoms with Gasteiger partial charge in [0.15, 0.2) is 11.6 Å². The van der Waals surface area contributed by atoms with E-state index in [1.54, 1.807) is 0 Å². The highest BCUT2D eigenvalue weighted by Gasteiger charge is 2.47. The predicted octanol–water partition coefficient (Wildman–Crippen LogP) is 1.66. The highest BCUT2D eigenvalue weighted by molar-refractivity contribution is 5.44. The first kappa shape index (κ1) is 9.40. The van der Waals surface area contributed by atoms with Crippen LogP contribution in [0, 0.1) is 11.6 Å². The first-order valence-electron chi connectivity index (χ1n) is 4.48. The number of phenols is 1. The summed E-state index contributed by atoms with van der Waals surface area (Å²) in [6, 6.07) is 2.09. The van der Waals surface area contributed by atoms with Crippen molar-refractivity contribution in [2.24, 2.45) is 5.73 Å². The molecular weight excluding hydrogens is 188 g/mol. The summed E-state index contributed by atoms with van der Waals surface area (Å²) < 4.78 is 26.3. The minimum atomic E-state index is -0.965. The maximum atomic E-state index is 13.4. The lowest BCUT2D eigenvalue weighted by Gasteiger charge is -2.15. The van der Waals surface area contributed by atoms with Gasteiger partial charge in [-0.3, -0.25) is 0 Å². The third-order valence-corrected chi connectivity index (χ3v) is 2.85. The number of benzene rings is 1. The smallest absolute Gasteiger partial charge is 0.166 e. The Labute approximate surface area is 80.4 Å². The summed E-state index contributed by atoms with van der Waals surface area (Å²) in [5.74, 6) is -2.10. The number of hydrogen-bond donors (Lipinski definition) is 2. The lowest BCUT2D eigenvalue weighted by atomic mass is 9.94. The monoisotopic (exact) mass is 199 g/mol. The number of halogens is 2. The van der Waals surface area contributed by atoms with Crippen LogP contribution in [0.4, 0.5) is 8.78 Å². The van der Waals surface area contributed by atoms with Gasteiger partial charge < -0.3 is 10.8 Å². The number of hydrogen-bond acceptors (Lipinski definition) is 2. The predicted molar refractivity (Wildman–Crippen MR) is 48.0 cm³/mol. The molecule has 2 rings (SSSR count). The van der Waals surface area contributed by atoms with Crippen LogP contribution in [0.5, 0.6) is 5.75 Å². The molecule has 0 amide bonds. The first-order chi connectivity index (χ1) is 6.60. The van der Waals surface area contributed by atoms with E-state index < -0.39 is 17.0 Å². The number of phenolic OH excluding ortho intramolecular Hbond substituents is 1. The standard InChI is InChI=1S/C10H11F2NO/c11-6-1-2-7(14)8(9(6)12)10(5-13)3-4-10/h1-2,14H,3-5,13H2. The van der Waals surface area contributed by atoms with Gasteiger partial charge in [0.05, 0.1) is 0 Å². The lowest BCUT2D eigenvalue weighted by Crippen LogP contribution is -2.21. The summed E-state index contributed by atoms with van der Waals surface area (Å²) >= 11 is 0. The van der Waals surface area contributed by atoms with Crippen molar-refractivity contribution in [2.75, 3.05) is 6.54 Å². The van der Waals surface area contributed by atoms with Gasteiger partial charge in [-0.2, -0.15) is 0 Å². The van der Waals surface area contributed by atoms with Crippen LogP contribution in [0.3, 0.4) is 0 Å². The molecule has 1 fully saturated rings. The van der Waals surface area contributed by atoms with Crippen molar-refractivity contribution in [3.05, 3.63) is 29.3 Å². The van der Waals surface area contributed by atoms with Crippen LogP contribution < -0.4 is 5.73 Å². The van der Waals surface area contributed by atoms with Crippen LogP contribution in [0.15, 0.2) is 12.1 Å². The van der Waals surface area contributed by atoms with Gasteiger partial charge in [0.25, 0.3) is 0 Å². The van der Waals surface area contributed by atoms with E-state index in [-0.39, 0.29) is 17.9 Å². The highest BCUT2D eigenvalue weighted by atomic mass is 19.2. The largest absolute Gasteiger partial charge is 0.508 e. The molecule has 0 aliphatic heterocycles. The fourth-order valence-electron chi connectivity index (χ4n) is 1.75. The molecule has 4 heteroatoms. The van der Waals surface area contributed by atoms with E-state index in [0.717, 1.165) is 6.07 Å². The van der Waals surface area contributed by atoms with Crippen LogP contribution in [-0.2, 0) is 5.41 Å². The summed E-state index contributed by atoms with van der Waals surface area (Å²) in [5, 5.41) is 9.46. The molecule has 0 atom stereocenters. The van der Waals surface area contributed by atoms with E-state index in [1.165, 1.54) is 6.07 Å². The summed E-state index contributed by atoms with van der Waals surface area (Å²) in [7, 11) is 0. The second-order valence-corrected chi connectivity index (χ2v) is 3.74. The molecule has 76 valence electrons. The topological polar surface area (TPSA) is 46.2 Å². The van der Waals surface area contributed by atoms with Crippen LogP contribution in [0.2, 0.25) is 0 Å². The number of nitrogens with two attached hydrogens (primary N) is 1. The Morgan fingerprint density at radius 1 is 1.36 bits per heavy atom. The Kier molecular flexibility index (Phi) is 1.96. The zero-order chi connectivity index (χ0) is 10.3. The van der Waals surface area contributed by atoms with E-state index in [1.807, 2.05) is 0 Å². The minimum Gasteiger partial charge on any atom is -0.508 e. The van der Waals surface area contributed by atoms with Crippen molar-refractivity contribution < 1.29 is 13.9 Å². The van der Waals surface area contributed by atoms with E-state index in [4.69, 9.17) is 5.73 Å². The molecule has 3 N–H and O–H groups in total. The summed E-state index contributed by atoms with van der Waals surface area (Å²) in [6.07, 6.45) is 1.41. The van der Waals surface area contributed by atoms with E-state index in [2.05, 4.69) is 0 Å². The summed E-state index contributed by atoms with van der Waals surface area (Å²) in [4.78, 5) is 0. The average Bonchev–Trinajstić information content (AvgIpc) is 2.93. The van der Waals surface area contributed by atoms with Gasteiger partial charge in [-0.15, -0.1) is 0 Å². The molecule has 1 aliphatic carbocycles. The Bertz CT molecular complexity index is 375. The molecule has 1 aromatic rings. The third kappa shape index (κ3) is 1.18. The van der Waals surface area contributed by atoms with E-state index in [0.29, 0.717) is 12.8 Å². The molecule has 0 heterocycles. The van der Waals surface area contributed by atoms with Crippen molar-refractivity contribution in [3.63, 3.8) is 0 Å². The summed E-state index contributed by atoms with van der Waals surface area (Å²) in [5.41, 5.74) is 5.00. The second-order valence-electron chi connectivity index (χ2n) is 3.74. The normalized spacial score (nSPS) is 18.2. The zero-order valence-corrected chi connectivity index (χ0v) is 7.56. The number of rotatable bonds is 2. The third-order valence-electron chi connectivity index (χ3n) is 2.85. The Balaban J connectivity index is 2.57. The van der Waals surface area contributed by atoms with Gasteiger partial charge in [-0.25, -0.2) is 8.78 Å². The molecule has 0 aromatic heterocycles. The molecule has 2 nitrogen and oxygen atoms in total. The van der Waals surface area contributed by atoms with Gasteiger partial charge in [-0.1, -0.05) is 0 Å². The fourth-order valence-corrected chi connectivity index (χ4v) is 1.75. The summed E-state index contributed by atoms with van der Waals surface area (Å²) in [6.45, 7) is 0.237. The average molecular weight is 199 g/mol. The minimum absolute atomic E-state index is 0.0417. The highest BCUT2D eigenvalue weighted by Crippen LogP contribution is 2.51. The van der Waals surface area contributed by atoms with Gasteiger partial charge >= 0.3 is 0 Å². The Morgan fingerprint density at radius 3 is 2.50 bits per heavy atom. The van der Waals surface area contributed by atoms with Crippen molar-refractivity contribution in [1.29, 1.82) is 0 Å². The Morgan fingerprint density at radius 2 is 2.00 bits per heavy atom. The van der Waals surface area contributed by atoms with Crippen molar-refractivity contribution in [3.8, 4) is 5.75 Å². The van der Waals surface area contributed by atoms with Crippen LogP contribution >= 0.6 is 0 Å². The molecular formula is C10H11F2NO. The SMILES string of the molecule is NCC1(c2c(O)ccc(F)c2F)CC1. The molecule has 1 aliphatic rings. The van der Waals surface area contributed by atoms with Gasteiger partial charge in [0.1, 0.15) is 5.75 Å². The molecule has 0 unspecified atom stereocenters. The van der Waals surface area contributed by atoms with Crippen LogP contribution in [0.25, 0.3) is 0 Å². The van der Waals surface area contributed by atoms with Crippen molar-refractivity contribution in [2.45, 2.75) is 18.3 Å². The Hall–Kier alpha value is -1.16. The quantitative estimate of drug-likeness (QED) is 0.760. The lowest BCUT2D eigenvalue weighted by molar-refractivity contribution is 0.427. The van der Waals surface area contributed by atoms with Crippen LogP contribution in [0.1, 0.15) is 18.4 Å². The fraction of sp³-hybridized carbons (Fsp3) is 0.400. The van der Waals surface area contributed by atoms with E-state index >= 15 is 0 Å². The van der Waals surface area contributed by atoms with Gasteiger partial charge in [0, 0.05) is 17.5 Å². The molecule has 0 saturated heterocycles. The van der Waals surface area contributed by atoms with Gasteiger partial charge in [-0.05, 0) is 25.0 Å². The molecule has 1 saturated carbocycles. The molecule has 0 bridgehead atoms. The molecule has 1 aromatic carbocycles. The zero-order valence-electron chi connectivity index (χ0n) is 7.56. The molecule has 0 spiro atoms. The van der Waals surface area contributed by atoms with E-state index in [9.17, 15) is 13.9 Å². The second kappa shape index (κ2) is 2.92. The van der Waals surface area contributed by atoms with Gasteiger partial charge in [0.2, 0.25) is 0 Å². The maximum Gasteiger partial charge on any atom is 0.166 e.